The third-order valence-electron chi connectivity index (χ3n) is 4.70. The molecule has 4 nitrogen and oxygen atoms in total. The van der Waals surface area contributed by atoms with Crippen molar-refractivity contribution in [3.05, 3.63) is 42.0 Å². The molecule has 1 saturated heterocycles. The number of halogens is 3. The van der Waals surface area contributed by atoms with Crippen molar-refractivity contribution in [2.75, 3.05) is 13.2 Å². The average Bonchev–Trinajstić information content (AvgIpc) is 2.84. The highest BCUT2D eigenvalue weighted by atomic mass is 19.4. The zero-order valence-corrected chi connectivity index (χ0v) is 15.6. The molecule has 1 heterocycles. The highest BCUT2D eigenvalue weighted by molar-refractivity contribution is 5.88. The monoisotopic (exact) mass is 380 g/mol. The van der Waals surface area contributed by atoms with Crippen LogP contribution in [-0.2, 0) is 4.79 Å². The van der Waals surface area contributed by atoms with Crippen molar-refractivity contribution in [1.82, 2.24) is 10.4 Å². The number of hydrogen-bond acceptors (Lipinski definition) is 3. The predicted octanol–water partition coefficient (Wildman–Crippen LogP) is 4.61. The first-order valence-corrected chi connectivity index (χ1v) is 8.93. The molecule has 146 valence electrons. The lowest BCUT2D eigenvalue weighted by Crippen LogP contribution is -2.43. The van der Waals surface area contributed by atoms with E-state index in [0.717, 1.165) is 11.4 Å². The fourth-order valence-corrected chi connectivity index (χ4v) is 3.33. The van der Waals surface area contributed by atoms with Gasteiger partial charge in [-0.2, -0.15) is 13.2 Å². The van der Waals surface area contributed by atoms with Gasteiger partial charge in [0.05, 0.1) is 12.0 Å². The highest BCUT2D eigenvalue weighted by Gasteiger charge is 2.51. The number of fused-ring (bicyclic) bond motifs is 1. The fourth-order valence-electron chi connectivity index (χ4n) is 3.33. The standard InChI is InChI=1S/C20H23F3N2O2/c1-4-10-27-14-8-9-15-13(11-14)6-5-7-16(15)17(20(21,22)23)25-12-19(2,3)18(26)24-25/h5-9,11,17H,4,10,12H2,1-3H3,(H,24,26)/t17-/m0/s1. The van der Waals surface area contributed by atoms with E-state index in [1.54, 1.807) is 44.2 Å². The van der Waals surface area contributed by atoms with Gasteiger partial charge in [-0.25, -0.2) is 5.01 Å². The number of alkyl halides is 3. The third-order valence-corrected chi connectivity index (χ3v) is 4.70. The molecule has 0 spiro atoms. The molecule has 2 aromatic rings. The number of hydrogen-bond donors (Lipinski definition) is 1. The maximum Gasteiger partial charge on any atom is 0.409 e. The van der Waals surface area contributed by atoms with Crippen molar-refractivity contribution >= 4 is 16.7 Å². The van der Waals surface area contributed by atoms with Crippen LogP contribution >= 0.6 is 0 Å². The summed E-state index contributed by atoms with van der Waals surface area (Å²) in [5.74, 6) is 0.216. The normalized spacial score (nSPS) is 18.5. The molecule has 0 aliphatic carbocycles. The molecule has 1 fully saturated rings. The summed E-state index contributed by atoms with van der Waals surface area (Å²) in [5.41, 5.74) is 1.63. The van der Waals surface area contributed by atoms with Crippen molar-refractivity contribution < 1.29 is 22.7 Å². The number of nitrogens with one attached hydrogen (secondary N) is 1. The Morgan fingerprint density at radius 2 is 2.00 bits per heavy atom. The Balaban J connectivity index is 2.05. The van der Waals surface area contributed by atoms with Gasteiger partial charge in [0, 0.05) is 6.54 Å². The number of benzene rings is 2. The maximum atomic E-state index is 14.0. The van der Waals surface area contributed by atoms with Gasteiger partial charge < -0.3 is 4.74 Å². The molecular weight excluding hydrogens is 357 g/mol. The second-order valence-electron chi connectivity index (χ2n) is 7.48. The zero-order chi connectivity index (χ0) is 19.8. The minimum atomic E-state index is -4.54. The van der Waals surface area contributed by atoms with E-state index in [4.69, 9.17) is 4.74 Å². The lowest BCUT2D eigenvalue weighted by molar-refractivity contribution is -0.191. The summed E-state index contributed by atoms with van der Waals surface area (Å²) in [4.78, 5) is 12.0. The molecule has 1 atom stereocenters. The topological polar surface area (TPSA) is 41.6 Å². The molecule has 27 heavy (non-hydrogen) atoms. The summed E-state index contributed by atoms with van der Waals surface area (Å²) in [7, 11) is 0. The number of ether oxygens (including phenoxy) is 1. The van der Waals surface area contributed by atoms with E-state index in [2.05, 4.69) is 5.43 Å². The molecule has 7 heteroatoms. The lowest BCUT2D eigenvalue weighted by atomic mass is 9.93. The lowest BCUT2D eigenvalue weighted by Gasteiger charge is -2.30. The molecule has 3 rings (SSSR count). The summed E-state index contributed by atoms with van der Waals surface area (Å²) in [6, 6.07) is 7.98. The minimum Gasteiger partial charge on any atom is -0.494 e. The molecule has 0 aromatic heterocycles. The zero-order valence-electron chi connectivity index (χ0n) is 15.6. The SMILES string of the molecule is CCCOc1ccc2c([C@H](N3CC(C)(C)C(=O)N3)C(F)(F)F)cccc2c1. The number of rotatable bonds is 5. The van der Waals surface area contributed by atoms with E-state index in [9.17, 15) is 18.0 Å². The molecule has 1 aliphatic rings. The van der Waals surface area contributed by atoms with Gasteiger partial charge in [0.25, 0.3) is 0 Å². The summed E-state index contributed by atoms with van der Waals surface area (Å²) in [6.07, 6.45) is -3.70. The Kier molecular flexibility index (Phi) is 5.08. The molecule has 1 amide bonds. The molecule has 2 aromatic carbocycles. The van der Waals surface area contributed by atoms with Crippen molar-refractivity contribution in [3.63, 3.8) is 0 Å². The van der Waals surface area contributed by atoms with Crippen LogP contribution in [0.2, 0.25) is 0 Å². The summed E-state index contributed by atoms with van der Waals surface area (Å²) < 4.78 is 47.6. The second-order valence-corrected chi connectivity index (χ2v) is 7.48. The van der Waals surface area contributed by atoms with E-state index in [-0.39, 0.29) is 12.1 Å². The van der Waals surface area contributed by atoms with Crippen molar-refractivity contribution in [3.8, 4) is 5.75 Å². The van der Waals surface area contributed by atoms with Crippen LogP contribution in [-0.4, -0.2) is 30.2 Å². The van der Waals surface area contributed by atoms with E-state index in [1.807, 2.05) is 6.92 Å². The van der Waals surface area contributed by atoms with Crippen molar-refractivity contribution in [2.24, 2.45) is 5.41 Å². The largest absolute Gasteiger partial charge is 0.494 e. The van der Waals surface area contributed by atoms with E-state index < -0.39 is 23.5 Å². The quantitative estimate of drug-likeness (QED) is 0.824. The Morgan fingerprint density at radius 1 is 1.26 bits per heavy atom. The van der Waals surface area contributed by atoms with Crippen LogP contribution in [0.15, 0.2) is 36.4 Å². The van der Waals surface area contributed by atoms with E-state index in [1.165, 1.54) is 6.07 Å². The highest BCUT2D eigenvalue weighted by Crippen LogP contribution is 2.43. The average molecular weight is 380 g/mol. The van der Waals surface area contributed by atoms with Crippen LogP contribution in [0.3, 0.4) is 0 Å². The third kappa shape index (κ3) is 3.88. The smallest absolute Gasteiger partial charge is 0.409 e. The van der Waals surface area contributed by atoms with E-state index >= 15 is 0 Å². The van der Waals surface area contributed by atoms with Gasteiger partial charge >= 0.3 is 6.18 Å². The van der Waals surface area contributed by atoms with Crippen LogP contribution in [0, 0.1) is 5.41 Å². The first-order chi connectivity index (χ1) is 12.6. The van der Waals surface area contributed by atoms with Crippen LogP contribution in [0.25, 0.3) is 10.8 Å². The molecule has 0 radical (unpaired) electrons. The van der Waals surface area contributed by atoms with Gasteiger partial charge in [-0.05, 0) is 48.7 Å². The summed E-state index contributed by atoms with van der Waals surface area (Å²) in [5, 5.41) is 2.15. The van der Waals surface area contributed by atoms with Gasteiger partial charge in [-0.15, -0.1) is 0 Å². The second kappa shape index (κ2) is 7.03. The summed E-state index contributed by atoms with van der Waals surface area (Å²) in [6.45, 7) is 5.78. The molecule has 0 bridgehead atoms. The molecular formula is C20H23F3N2O2. The number of amides is 1. The van der Waals surface area contributed by atoms with Crippen LogP contribution in [0.5, 0.6) is 5.75 Å². The van der Waals surface area contributed by atoms with Crippen LogP contribution < -0.4 is 10.2 Å². The molecule has 1 N–H and O–H groups in total. The van der Waals surface area contributed by atoms with E-state index in [0.29, 0.717) is 23.1 Å². The maximum absolute atomic E-state index is 14.0. The number of carbonyl (C=O) groups excluding carboxylic acids is 1. The Hall–Kier alpha value is -2.28. The van der Waals surface area contributed by atoms with Gasteiger partial charge in [0.15, 0.2) is 6.04 Å². The van der Waals surface area contributed by atoms with Crippen LogP contribution in [0.1, 0.15) is 38.8 Å². The predicted molar refractivity (Wildman–Crippen MR) is 97.2 cm³/mol. The minimum absolute atomic E-state index is 0.0237. The van der Waals surface area contributed by atoms with Gasteiger partial charge in [0.2, 0.25) is 5.91 Å². The number of nitrogens with zero attached hydrogens (tertiary/aromatic N) is 1. The Morgan fingerprint density at radius 3 is 2.59 bits per heavy atom. The Bertz CT molecular complexity index is 849. The molecule has 0 saturated carbocycles. The molecule has 0 unspecified atom stereocenters. The first-order valence-electron chi connectivity index (χ1n) is 8.93. The van der Waals surface area contributed by atoms with Gasteiger partial charge in [0.1, 0.15) is 5.75 Å². The first kappa shape index (κ1) is 19.5. The van der Waals surface area contributed by atoms with Gasteiger partial charge in [-0.1, -0.05) is 31.2 Å². The van der Waals surface area contributed by atoms with Crippen molar-refractivity contribution in [1.29, 1.82) is 0 Å². The summed E-state index contributed by atoms with van der Waals surface area (Å²) >= 11 is 0. The van der Waals surface area contributed by atoms with Crippen molar-refractivity contribution in [2.45, 2.75) is 39.4 Å². The number of hydrazine groups is 1. The Labute approximate surface area is 156 Å². The van der Waals surface area contributed by atoms with Crippen LogP contribution in [0.4, 0.5) is 13.2 Å². The molecule has 1 aliphatic heterocycles. The van der Waals surface area contributed by atoms with Gasteiger partial charge in [-0.3, -0.25) is 10.2 Å². The number of carbonyl (C=O) groups is 1. The fraction of sp³-hybridized carbons (Fsp3) is 0.450.